The molecule has 3 N–H and O–H groups in total. The summed E-state index contributed by atoms with van der Waals surface area (Å²) in [6.45, 7) is 0. The van der Waals surface area contributed by atoms with E-state index in [1.54, 1.807) is 24.3 Å². The van der Waals surface area contributed by atoms with E-state index < -0.39 is 0 Å². The van der Waals surface area contributed by atoms with Crippen molar-refractivity contribution in [2.75, 3.05) is 18.1 Å². The molecule has 8 heteroatoms. The predicted molar refractivity (Wildman–Crippen MR) is 218 cm³/mol. The Labute approximate surface area is 307 Å². The summed E-state index contributed by atoms with van der Waals surface area (Å²) in [5, 5.41) is 7.31. The third kappa shape index (κ3) is 7.11. The molecular formula is C45H38N6O2. The molecule has 0 amide bonds. The molecule has 0 fully saturated rings. The molecule has 9 aromatic rings. The number of hydrogen-bond donors (Lipinski definition) is 2. The van der Waals surface area contributed by atoms with Gasteiger partial charge in [-0.05, 0) is 82.2 Å². The molecule has 0 aliphatic rings. The van der Waals surface area contributed by atoms with E-state index in [1.165, 1.54) is 10.8 Å². The Morgan fingerprint density at radius 1 is 0.528 bits per heavy atom. The van der Waals surface area contributed by atoms with E-state index in [-0.39, 0.29) is 0 Å². The minimum Gasteiger partial charge on any atom is -0.397 e. The minimum atomic E-state index is 0.626. The molecule has 2 aromatic heterocycles. The highest BCUT2D eigenvalue weighted by Crippen LogP contribution is 2.30. The molecule has 0 saturated carbocycles. The van der Waals surface area contributed by atoms with Crippen molar-refractivity contribution in [1.82, 2.24) is 19.1 Å². The van der Waals surface area contributed by atoms with Crippen LogP contribution in [-0.2, 0) is 14.1 Å². The monoisotopic (exact) mass is 694 g/mol. The van der Waals surface area contributed by atoms with Gasteiger partial charge in [0.05, 0.1) is 33.4 Å². The van der Waals surface area contributed by atoms with Crippen LogP contribution in [-0.4, -0.2) is 38.7 Å². The zero-order valence-electron chi connectivity index (χ0n) is 29.7. The predicted octanol–water partition coefficient (Wildman–Crippen LogP) is 9.72. The first-order valence-electron chi connectivity index (χ1n) is 17.2. The van der Waals surface area contributed by atoms with Gasteiger partial charge in [-0.1, -0.05) is 84.9 Å². The fraction of sp³-hybridized carbons (Fsp3) is 0.0667. The van der Waals surface area contributed by atoms with Crippen molar-refractivity contribution < 1.29 is 9.59 Å². The van der Waals surface area contributed by atoms with Crippen molar-refractivity contribution in [2.45, 2.75) is 0 Å². The maximum Gasteiger partial charge on any atom is 0.150 e. The fourth-order valence-electron chi connectivity index (χ4n) is 6.49. The van der Waals surface area contributed by atoms with Gasteiger partial charge >= 0.3 is 0 Å². The van der Waals surface area contributed by atoms with Crippen molar-refractivity contribution in [3.63, 3.8) is 0 Å². The van der Waals surface area contributed by atoms with E-state index in [9.17, 15) is 9.59 Å². The van der Waals surface area contributed by atoms with Gasteiger partial charge in [-0.25, -0.2) is 9.97 Å². The Morgan fingerprint density at radius 2 is 0.962 bits per heavy atom. The lowest BCUT2D eigenvalue weighted by Crippen LogP contribution is -1.93. The van der Waals surface area contributed by atoms with Gasteiger partial charge in [0.25, 0.3) is 0 Å². The van der Waals surface area contributed by atoms with Crippen LogP contribution in [0.4, 0.5) is 11.4 Å². The zero-order valence-corrected chi connectivity index (χ0v) is 29.7. The van der Waals surface area contributed by atoms with Crippen molar-refractivity contribution in [2.24, 2.45) is 14.1 Å². The molecule has 0 aliphatic carbocycles. The van der Waals surface area contributed by atoms with Crippen LogP contribution in [0.1, 0.15) is 20.7 Å². The topological polar surface area (TPSA) is 108 Å². The fourth-order valence-corrected chi connectivity index (χ4v) is 6.49. The molecule has 7 aromatic carbocycles. The van der Waals surface area contributed by atoms with Crippen molar-refractivity contribution in [1.29, 1.82) is 0 Å². The number of nitrogens with zero attached hydrogens (tertiary/aromatic N) is 4. The number of benzene rings is 7. The number of fused-ring (bicyclic) bond motifs is 4. The normalized spacial score (nSPS) is 10.8. The van der Waals surface area contributed by atoms with Gasteiger partial charge in [0.1, 0.15) is 24.2 Å². The van der Waals surface area contributed by atoms with Gasteiger partial charge in [0.2, 0.25) is 0 Å². The summed E-state index contributed by atoms with van der Waals surface area (Å²) in [4.78, 5) is 30.8. The number of aromatic nitrogens is 4. The third-order valence-corrected chi connectivity index (χ3v) is 9.32. The van der Waals surface area contributed by atoms with Crippen LogP contribution in [0.2, 0.25) is 0 Å². The molecule has 53 heavy (non-hydrogen) atoms. The first-order chi connectivity index (χ1) is 25.9. The number of rotatable bonds is 5. The SMILES string of the molecule is CNc1ccccc1N.Cn1c(-c2ccc3ccc(-c4nc5ccccc5n4C)cc3c2)nc2ccccc21.O=Cc1ccc2ccc(C=O)cc2c1. The maximum absolute atomic E-state index is 10.5. The average molecular weight is 695 g/mol. The van der Waals surface area contributed by atoms with Crippen LogP contribution < -0.4 is 11.1 Å². The first kappa shape index (κ1) is 34.4. The number of hydrogen-bond acceptors (Lipinski definition) is 6. The van der Waals surface area contributed by atoms with E-state index in [0.29, 0.717) is 11.1 Å². The van der Waals surface area contributed by atoms with E-state index in [4.69, 9.17) is 15.7 Å². The van der Waals surface area contributed by atoms with Crippen LogP contribution >= 0.6 is 0 Å². The summed E-state index contributed by atoms with van der Waals surface area (Å²) in [7, 11) is 6.00. The lowest BCUT2D eigenvalue weighted by atomic mass is 10.0. The van der Waals surface area contributed by atoms with Crippen molar-refractivity contribution in [3.05, 3.63) is 157 Å². The minimum absolute atomic E-state index is 0.626. The largest absolute Gasteiger partial charge is 0.397 e. The summed E-state index contributed by atoms with van der Waals surface area (Å²) in [5.74, 6) is 1.96. The standard InChI is InChI=1S/C26H20N4.C12H8O2.C7H10N2/c1-29-23-9-5-3-7-21(23)27-25(29)18-13-11-17-12-14-19(16-20(17)15-18)26-28-22-8-4-6-10-24(22)30(26)2;13-7-9-1-3-11-4-2-10(8-14)6-12(11)5-9;1-9-7-5-3-2-4-6(7)8/h3-16H,1-2H3;1-8H;2-5,9H,8H2,1H3. The van der Waals surface area contributed by atoms with E-state index in [0.717, 1.165) is 79.6 Å². The summed E-state index contributed by atoms with van der Waals surface area (Å²) >= 11 is 0. The van der Waals surface area contributed by atoms with Crippen LogP contribution in [0.25, 0.3) is 66.4 Å². The zero-order chi connectivity index (χ0) is 36.9. The van der Waals surface area contributed by atoms with Crippen LogP contribution in [0.3, 0.4) is 0 Å². The Kier molecular flexibility index (Phi) is 9.76. The second-order valence-electron chi connectivity index (χ2n) is 12.7. The molecule has 0 atom stereocenters. The number of nitrogen functional groups attached to an aromatic ring is 1. The number of nitrogens with one attached hydrogen (secondary N) is 1. The number of carbonyl (C=O) groups excluding carboxylic acids is 2. The van der Waals surface area contributed by atoms with E-state index in [2.05, 4.69) is 101 Å². The lowest BCUT2D eigenvalue weighted by molar-refractivity contribution is 0.111. The Balaban J connectivity index is 0.000000156. The molecule has 0 bridgehead atoms. The molecule has 2 heterocycles. The number of anilines is 2. The van der Waals surface area contributed by atoms with Crippen LogP contribution in [0.15, 0.2) is 146 Å². The highest BCUT2D eigenvalue weighted by atomic mass is 16.1. The number of aryl methyl sites for hydroxylation is 2. The summed E-state index contributed by atoms with van der Waals surface area (Å²) in [5.41, 5.74) is 15.1. The summed E-state index contributed by atoms with van der Waals surface area (Å²) in [6, 6.07) is 48.1. The highest BCUT2D eigenvalue weighted by Gasteiger charge is 2.13. The first-order valence-corrected chi connectivity index (χ1v) is 17.2. The van der Waals surface area contributed by atoms with E-state index >= 15 is 0 Å². The van der Waals surface area contributed by atoms with Gasteiger partial charge in [-0.15, -0.1) is 0 Å². The van der Waals surface area contributed by atoms with Gasteiger partial charge in [0, 0.05) is 43.4 Å². The molecular weight excluding hydrogens is 657 g/mol. The third-order valence-electron chi connectivity index (χ3n) is 9.32. The number of imidazole rings is 2. The molecule has 0 unspecified atom stereocenters. The quantitative estimate of drug-likeness (QED) is 0.137. The molecule has 0 spiro atoms. The van der Waals surface area contributed by atoms with Crippen molar-refractivity contribution in [3.8, 4) is 22.8 Å². The number of nitrogens with two attached hydrogens (primary N) is 1. The maximum atomic E-state index is 10.5. The van der Waals surface area contributed by atoms with Gasteiger partial charge in [-0.2, -0.15) is 0 Å². The smallest absolute Gasteiger partial charge is 0.150 e. The molecule has 0 aliphatic heterocycles. The van der Waals surface area contributed by atoms with E-state index in [1.807, 2.05) is 55.6 Å². The molecule has 9 rings (SSSR count). The summed E-state index contributed by atoms with van der Waals surface area (Å²) in [6.07, 6.45) is 1.60. The van der Waals surface area contributed by atoms with Gasteiger partial charge in [0.15, 0.2) is 0 Å². The molecule has 0 radical (unpaired) electrons. The Morgan fingerprint density at radius 3 is 1.40 bits per heavy atom. The molecule has 260 valence electrons. The molecule has 8 nitrogen and oxygen atoms in total. The lowest BCUT2D eigenvalue weighted by Gasteiger charge is -2.07. The Hall–Kier alpha value is -7.06. The second-order valence-corrected chi connectivity index (χ2v) is 12.7. The van der Waals surface area contributed by atoms with Gasteiger partial charge < -0.3 is 20.2 Å². The summed E-state index contributed by atoms with van der Waals surface area (Å²) < 4.78 is 4.32. The number of para-hydroxylation sites is 6. The number of carbonyl (C=O) groups is 2. The molecule has 0 saturated heterocycles. The second kappa shape index (κ2) is 15.0. The van der Waals surface area contributed by atoms with Gasteiger partial charge in [-0.3, -0.25) is 9.59 Å². The Bertz CT molecular complexity index is 2600. The average Bonchev–Trinajstić information content (AvgIpc) is 3.73. The van der Waals surface area contributed by atoms with Crippen LogP contribution in [0, 0.1) is 0 Å². The number of aldehydes is 2. The van der Waals surface area contributed by atoms with Crippen LogP contribution in [0.5, 0.6) is 0 Å². The highest BCUT2D eigenvalue weighted by molar-refractivity contribution is 5.93. The van der Waals surface area contributed by atoms with Crippen molar-refractivity contribution >= 4 is 67.6 Å².